The minimum atomic E-state index is -0.0873. The van der Waals surface area contributed by atoms with Gasteiger partial charge in [-0.15, -0.1) is 0 Å². The van der Waals surface area contributed by atoms with E-state index in [0.29, 0.717) is 6.04 Å². The number of nitrogens with zero attached hydrogens (tertiary/aromatic N) is 1. The lowest BCUT2D eigenvalue weighted by atomic mass is 9.85. The van der Waals surface area contributed by atoms with Gasteiger partial charge in [0.1, 0.15) is 0 Å². The van der Waals surface area contributed by atoms with Gasteiger partial charge in [0, 0.05) is 25.7 Å². The van der Waals surface area contributed by atoms with E-state index in [4.69, 9.17) is 4.74 Å². The summed E-state index contributed by atoms with van der Waals surface area (Å²) in [5, 5.41) is 9.66. The smallest absolute Gasteiger partial charge is 0.0713 e. The van der Waals surface area contributed by atoms with E-state index in [0.717, 1.165) is 32.5 Å². The highest BCUT2D eigenvalue weighted by atomic mass is 32.2. The van der Waals surface area contributed by atoms with Crippen molar-refractivity contribution in [3.05, 3.63) is 0 Å². The molecule has 1 spiro atoms. The van der Waals surface area contributed by atoms with Crippen molar-refractivity contribution in [3.63, 3.8) is 0 Å². The quantitative estimate of drug-likeness (QED) is 0.771. The minimum Gasteiger partial charge on any atom is -0.392 e. The van der Waals surface area contributed by atoms with Crippen LogP contribution in [-0.2, 0) is 4.74 Å². The van der Waals surface area contributed by atoms with Crippen molar-refractivity contribution < 1.29 is 9.84 Å². The lowest BCUT2D eigenvalue weighted by molar-refractivity contribution is -0.108. The maximum absolute atomic E-state index is 9.66. The van der Waals surface area contributed by atoms with E-state index in [-0.39, 0.29) is 11.7 Å². The summed E-state index contributed by atoms with van der Waals surface area (Å²) < 4.78 is 6.12. The number of hydrogen-bond donors (Lipinski definition) is 1. The van der Waals surface area contributed by atoms with Crippen molar-refractivity contribution in [1.29, 1.82) is 0 Å². The highest BCUT2D eigenvalue weighted by Crippen LogP contribution is 2.39. The molecule has 17 heavy (non-hydrogen) atoms. The van der Waals surface area contributed by atoms with Crippen LogP contribution in [0, 0.1) is 0 Å². The summed E-state index contributed by atoms with van der Waals surface area (Å²) in [6, 6.07) is 0.656. The molecule has 0 amide bonds. The van der Waals surface area contributed by atoms with Crippen LogP contribution in [0.15, 0.2) is 0 Å². The molecule has 0 aromatic heterocycles. The van der Waals surface area contributed by atoms with E-state index < -0.39 is 0 Å². The highest BCUT2D eigenvalue weighted by molar-refractivity contribution is 7.99. The molecule has 3 heterocycles. The van der Waals surface area contributed by atoms with Gasteiger partial charge in [0.2, 0.25) is 0 Å². The summed E-state index contributed by atoms with van der Waals surface area (Å²) in [5.74, 6) is 2.52. The summed E-state index contributed by atoms with van der Waals surface area (Å²) in [6.07, 6.45) is 5.67. The van der Waals surface area contributed by atoms with Crippen LogP contribution in [0.3, 0.4) is 0 Å². The van der Waals surface area contributed by atoms with E-state index in [1.807, 2.05) is 0 Å². The maximum Gasteiger partial charge on any atom is 0.0713 e. The van der Waals surface area contributed by atoms with E-state index in [2.05, 4.69) is 16.7 Å². The second-order valence-electron chi connectivity index (χ2n) is 5.73. The SMILES string of the molecule is O[C@@H]1CCN(C2CCOC3(CCSCC3)C2)C1. The highest BCUT2D eigenvalue weighted by Gasteiger charge is 2.41. The largest absolute Gasteiger partial charge is 0.392 e. The first kappa shape index (κ1) is 12.3. The number of hydrogen-bond acceptors (Lipinski definition) is 4. The molecule has 3 fully saturated rings. The van der Waals surface area contributed by atoms with Crippen LogP contribution < -0.4 is 0 Å². The van der Waals surface area contributed by atoms with Crippen LogP contribution in [0.5, 0.6) is 0 Å². The summed E-state index contributed by atoms with van der Waals surface area (Å²) in [7, 11) is 0. The molecule has 4 heteroatoms. The molecule has 0 aromatic carbocycles. The van der Waals surface area contributed by atoms with Gasteiger partial charge >= 0.3 is 0 Å². The normalized spacial score (nSPS) is 38.6. The standard InChI is InChI=1S/C13H23NO2S/c15-12-1-5-14(10-12)11-2-6-16-13(9-11)3-7-17-8-4-13/h11-12,15H,1-10H2/t11?,12-/m1/s1. The number of aliphatic hydroxyl groups excluding tert-OH is 1. The Kier molecular flexibility index (Phi) is 3.67. The number of rotatable bonds is 1. The van der Waals surface area contributed by atoms with Crippen LogP contribution in [-0.4, -0.2) is 59.0 Å². The fourth-order valence-electron chi connectivity index (χ4n) is 3.51. The van der Waals surface area contributed by atoms with Crippen LogP contribution >= 0.6 is 11.8 Å². The molecule has 2 atom stereocenters. The molecule has 3 saturated heterocycles. The minimum absolute atomic E-state index is 0.0873. The van der Waals surface area contributed by atoms with Gasteiger partial charge in [-0.05, 0) is 43.6 Å². The first-order valence-electron chi connectivity index (χ1n) is 6.91. The molecular formula is C13H23NO2S. The zero-order valence-corrected chi connectivity index (χ0v) is 11.3. The molecule has 0 saturated carbocycles. The lowest BCUT2D eigenvalue weighted by Crippen LogP contribution is -2.49. The van der Waals surface area contributed by atoms with Gasteiger partial charge in [-0.1, -0.05) is 0 Å². The summed E-state index contributed by atoms with van der Waals surface area (Å²) in [6.45, 7) is 2.88. The van der Waals surface area contributed by atoms with E-state index in [1.165, 1.54) is 30.8 Å². The number of β-amino-alcohol motifs (C(OH)–C–C–N with tert-alkyl or cyclic N) is 1. The average Bonchev–Trinajstić information content (AvgIpc) is 2.77. The Labute approximate surface area is 108 Å². The Morgan fingerprint density at radius 3 is 2.76 bits per heavy atom. The van der Waals surface area contributed by atoms with Crippen LogP contribution in [0.4, 0.5) is 0 Å². The molecule has 0 aromatic rings. The van der Waals surface area contributed by atoms with Crippen LogP contribution in [0.1, 0.15) is 32.1 Å². The predicted molar refractivity (Wildman–Crippen MR) is 70.5 cm³/mol. The first-order valence-corrected chi connectivity index (χ1v) is 8.07. The monoisotopic (exact) mass is 257 g/mol. The van der Waals surface area contributed by atoms with E-state index in [9.17, 15) is 5.11 Å². The molecule has 98 valence electrons. The molecule has 1 unspecified atom stereocenters. The molecule has 1 N–H and O–H groups in total. The van der Waals surface area contributed by atoms with Gasteiger partial charge in [0.15, 0.2) is 0 Å². The summed E-state index contributed by atoms with van der Waals surface area (Å²) in [5.41, 5.74) is 0.182. The van der Waals surface area contributed by atoms with Crippen molar-refractivity contribution in [2.24, 2.45) is 0 Å². The van der Waals surface area contributed by atoms with Gasteiger partial charge in [-0.2, -0.15) is 11.8 Å². The summed E-state index contributed by atoms with van der Waals surface area (Å²) in [4.78, 5) is 2.50. The number of aliphatic hydroxyl groups is 1. The van der Waals surface area contributed by atoms with Crippen LogP contribution in [0.2, 0.25) is 0 Å². The Morgan fingerprint density at radius 1 is 1.24 bits per heavy atom. The first-order chi connectivity index (χ1) is 8.27. The van der Waals surface area contributed by atoms with Crippen molar-refractivity contribution in [1.82, 2.24) is 4.90 Å². The number of ether oxygens (including phenoxy) is 1. The van der Waals surface area contributed by atoms with Gasteiger partial charge in [0.25, 0.3) is 0 Å². The fraction of sp³-hybridized carbons (Fsp3) is 1.00. The third-order valence-corrected chi connectivity index (χ3v) is 5.57. The Bertz CT molecular complexity index is 263. The topological polar surface area (TPSA) is 32.7 Å². The Balaban J connectivity index is 1.62. The molecular weight excluding hydrogens is 234 g/mol. The van der Waals surface area contributed by atoms with Crippen molar-refractivity contribution in [2.75, 3.05) is 31.2 Å². The molecule has 3 nitrogen and oxygen atoms in total. The third kappa shape index (κ3) is 2.65. The Morgan fingerprint density at radius 2 is 2.06 bits per heavy atom. The van der Waals surface area contributed by atoms with E-state index in [1.54, 1.807) is 0 Å². The van der Waals surface area contributed by atoms with Crippen molar-refractivity contribution in [2.45, 2.75) is 49.9 Å². The molecule has 3 aliphatic heterocycles. The molecule has 3 aliphatic rings. The molecule has 0 aliphatic carbocycles. The lowest BCUT2D eigenvalue weighted by Gasteiger charge is -2.45. The van der Waals surface area contributed by atoms with Crippen LogP contribution in [0.25, 0.3) is 0 Å². The van der Waals surface area contributed by atoms with Gasteiger partial charge in [-0.25, -0.2) is 0 Å². The zero-order chi connectivity index (χ0) is 11.7. The van der Waals surface area contributed by atoms with Crippen molar-refractivity contribution >= 4 is 11.8 Å². The second kappa shape index (κ2) is 5.08. The van der Waals surface area contributed by atoms with Gasteiger partial charge < -0.3 is 9.84 Å². The fourth-order valence-corrected chi connectivity index (χ4v) is 4.74. The molecule has 0 radical (unpaired) electrons. The van der Waals surface area contributed by atoms with E-state index >= 15 is 0 Å². The number of thioether (sulfide) groups is 1. The molecule has 0 bridgehead atoms. The average molecular weight is 257 g/mol. The Hall–Kier alpha value is 0.230. The van der Waals surface area contributed by atoms with Gasteiger partial charge in [0.05, 0.1) is 11.7 Å². The number of likely N-dealkylation sites (tertiary alicyclic amines) is 1. The maximum atomic E-state index is 9.66. The van der Waals surface area contributed by atoms with Crippen molar-refractivity contribution in [3.8, 4) is 0 Å². The zero-order valence-electron chi connectivity index (χ0n) is 10.4. The van der Waals surface area contributed by atoms with Gasteiger partial charge in [-0.3, -0.25) is 4.90 Å². The second-order valence-corrected chi connectivity index (χ2v) is 6.95. The predicted octanol–water partition coefficient (Wildman–Crippen LogP) is 1.50. The summed E-state index contributed by atoms with van der Waals surface area (Å²) >= 11 is 2.06. The molecule has 3 rings (SSSR count). The third-order valence-electron chi connectivity index (χ3n) is 4.58.